The zero-order valence-corrected chi connectivity index (χ0v) is 15.3. The molecule has 0 unspecified atom stereocenters. The third-order valence-electron chi connectivity index (χ3n) is 5.73. The number of fused-ring (bicyclic) bond motifs is 2. The van der Waals surface area contributed by atoms with Crippen LogP contribution in [-0.2, 0) is 13.0 Å². The smallest absolute Gasteiger partial charge is 0.270 e. The molecule has 2 aliphatic heterocycles. The standard InChI is InChI=1S/C22H23N3O2/c26-22(20-14-17-3-1-2-4-19(17)23-20)25-10-8-24(9-11-25)15-16-5-6-21-18(13-16)7-12-27-21/h1-6,13-14,23H,7-12,15H2/p+1. The van der Waals surface area contributed by atoms with Gasteiger partial charge in [0.2, 0.25) is 0 Å². The molecular weight excluding hydrogens is 338 g/mol. The molecule has 3 aromatic rings. The minimum atomic E-state index is 0.111. The Morgan fingerprint density at radius 3 is 2.81 bits per heavy atom. The molecule has 27 heavy (non-hydrogen) atoms. The van der Waals surface area contributed by atoms with Crippen molar-refractivity contribution in [2.24, 2.45) is 0 Å². The van der Waals surface area contributed by atoms with E-state index in [-0.39, 0.29) is 5.91 Å². The maximum absolute atomic E-state index is 12.8. The van der Waals surface area contributed by atoms with E-state index in [1.165, 1.54) is 16.0 Å². The number of hydrogen-bond donors (Lipinski definition) is 2. The molecule has 1 aromatic heterocycles. The van der Waals surface area contributed by atoms with Gasteiger partial charge in [-0.1, -0.05) is 18.2 Å². The number of ether oxygens (including phenoxy) is 1. The van der Waals surface area contributed by atoms with Crippen LogP contribution in [0, 0.1) is 0 Å². The van der Waals surface area contributed by atoms with Crippen molar-refractivity contribution in [2.45, 2.75) is 13.0 Å². The van der Waals surface area contributed by atoms with Gasteiger partial charge in [-0.2, -0.15) is 0 Å². The Balaban J connectivity index is 1.21. The Labute approximate surface area is 158 Å². The number of amides is 1. The van der Waals surface area contributed by atoms with E-state index < -0.39 is 0 Å². The van der Waals surface area contributed by atoms with E-state index in [2.05, 4.69) is 23.2 Å². The van der Waals surface area contributed by atoms with Crippen molar-refractivity contribution < 1.29 is 14.4 Å². The van der Waals surface area contributed by atoms with Crippen molar-refractivity contribution in [1.29, 1.82) is 0 Å². The van der Waals surface area contributed by atoms with Crippen LogP contribution in [0.2, 0.25) is 0 Å². The van der Waals surface area contributed by atoms with E-state index in [0.29, 0.717) is 5.69 Å². The summed E-state index contributed by atoms with van der Waals surface area (Å²) in [7, 11) is 0. The SMILES string of the molecule is O=C(c1cc2ccccc2[nH]1)N1CC[NH+](Cc2ccc3c(c2)CCO3)CC1. The number of para-hydroxylation sites is 1. The minimum Gasteiger partial charge on any atom is -0.493 e. The Morgan fingerprint density at radius 1 is 1.11 bits per heavy atom. The summed E-state index contributed by atoms with van der Waals surface area (Å²) in [5, 5.41) is 1.09. The molecule has 0 atom stereocenters. The van der Waals surface area contributed by atoms with Crippen LogP contribution in [0.5, 0.6) is 5.75 Å². The average Bonchev–Trinajstić information content (AvgIpc) is 3.34. The lowest BCUT2D eigenvalue weighted by atomic mass is 10.1. The fourth-order valence-corrected chi connectivity index (χ4v) is 4.20. The number of nitrogens with one attached hydrogen (secondary N) is 2. The number of H-pyrrole nitrogens is 1. The molecule has 1 fully saturated rings. The molecule has 0 saturated carbocycles. The van der Waals surface area contributed by atoms with E-state index in [9.17, 15) is 4.79 Å². The Kier molecular flexibility index (Phi) is 4.09. The quantitative estimate of drug-likeness (QED) is 0.744. The van der Waals surface area contributed by atoms with E-state index in [4.69, 9.17) is 4.74 Å². The second kappa shape index (κ2) is 6.74. The number of rotatable bonds is 3. The highest BCUT2D eigenvalue weighted by molar-refractivity contribution is 5.98. The number of nitrogens with zero attached hydrogens (tertiary/aromatic N) is 1. The molecule has 5 heteroatoms. The lowest BCUT2D eigenvalue weighted by Gasteiger charge is -2.32. The van der Waals surface area contributed by atoms with Crippen LogP contribution in [0.25, 0.3) is 10.9 Å². The van der Waals surface area contributed by atoms with Gasteiger partial charge in [-0.05, 0) is 35.9 Å². The highest BCUT2D eigenvalue weighted by atomic mass is 16.5. The monoisotopic (exact) mass is 362 g/mol. The van der Waals surface area contributed by atoms with E-state index >= 15 is 0 Å². The molecule has 0 spiro atoms. The zero-order valence-electron chi connectivity index (χ0n) is 15.3. The molecule has 0 aliphatic carbocycles. The van der Waals surface area contributed by atoms with Crippen LogP contribution in [-0.4, -0.2) is 48.6 Å². The third kappa shape index (κ3) is 3.19. The van der Waals surface area contributed by atoms with Gasteiger partial charge in [-0.15, -0.1) is 0 Å². The molecule has 1 saturated heterocycles. The summed E-state index contributed by atoms with van der Waals surface area (Å²) in [5.74, 6) is 1.16. The van der Waals surface area contributed by atoms with Crippen molar-refractivity contribution in [3.8, 4) is 5.75 Å². The lowest BCUT2D eigenvalue weighted by Crippen LogP contribution is -3.13. The number of piperazine rings is 1. The van der Waals surface area contributed by atoms with Crippen molar-refractivity contribution >= 4 is 16.8 Å². The third-order valence-corrected chi connectivity index (χ3v) is 5.73. The van der Waals surface area contributed by atoms with Crippen LogP contribution in [0.15, 0.2) is 48.5 Å². The van der Waals surface area contributed by atoms with Gasteiger partial charge in [-0.25, -0.2) is 0 Å². The maximum atomic E-state index is 12.8. The van der Waals surface area contributed by atoms with Crippen LogP contribution in [0.1, 0.15) is 21.6 Å². The second-order valence-corrected chi connectivity index (χ2v) is 7.53. The maximum Gasteiger partial charge on any atom is 0.270 e. The number of carbonyl (C=O) groups is 1. The molecule has 1 amide bonds. The summed E-state index contributed by atoms with van der Waals surface area (Å²) < 4.78 is 5.59. The minimum absolute atomic E-state index is 0.111. The highest BCUT2D eigenvalue weighted by Gasteiger charge is 2.26. The number of aromatic nitrogens is 1. The topological polar surface area (TPSA) is 49.8 Å². The second-order valence-electron chi connectivity index (χ2n) is 7.53. The summed E-state index contributed by atoms with van der Waals surface area (Å²) in [4.78, 5) is 19.6. The van der Waals surface area contributed by atoms with Crippen LogP contribution in [0.4, 0.5) is 0 Å². The number of carbonyl (C=O) groups excluding carboxylic acids is 1. The van der Waals surface area contributed by atoms with Gasteiger partial charge in [0.05, 0.1) is 32.8 Å². The van der Waals surface area contributed by atoms with E-state index in [1.807, 2.05) is 35.2 Å². The molecule has 0 radical (unpaired) electrons. The molecule has 5 rings (SSSR count). The van der Waals surface area contributed by atoms with Gasteiger partial charge >= 0.3 is 0 Å². The molecule has 2 N–H and O–H groups in total. The van der Waals surface area contributed by atoms with Crippen molar-refractivity contribution in [1.82, 2.24) is 9.88 Å². The van der Waals surface area contributed by atoms with Crippen molar-refractivity contribution in [2.75, 3.05) is 32.8 Å². The first-order valence-electron chi connectivity index (χ1n) is 9.71. The summed E-state index contributed by atoms with van der Waals surface area (Å²) in [6.45, 7) is 5.40. The molecule has 5 nitrogen and oxygen atoms in total. The predicted molar refractivity (Wildman–Crippen MR) is 104 cm³/mol. The number of quaternary nitrogens is 1. The first-order chi connectivity index (χ1) is 13.3. The van der Waals surface area contributed by atoms with Gasteiger partial charge < -0.3 is 19.5 Å². The van der Waals surface area contributed by atoms with Gasteiger partial charge in [-0.3, -0.25) is 4.79 Å². The normalized spacial score (nSPS) is 17.1. The fourth-order valence-electron chi connectivity index (χ4n) is 4.20. The Hall–Kier alpha value is -2.79. The highest BCUT2D eigenvalue weighted by Crippen LogP contribution is 2.25. The molecule has 138 valence electrons. The summed E-state index contributed by atoms with van der Waals surface area (Å²) in [5.41, 5.74) is 4.41. The Bertz CT molecular complexity index is 953. The number of benzene rings is 2. The number of aromatic amines is 1. The molecule has 2 aromatic carbocycles. The lowest BCUT2D eigenvalue weighted by molar-refractivity contribution is -0.917. The van der Waals surface area contributed by atoms with Crippen molar-refractivity contribution in [3.63, 3.8) is 0 Å². The van der Waals surface area contributed by atoms with Crippen molar-refractivity contribution in [3.05, 3.63) is 65.4 Å². The first kappa shape index (κ1) is 16.4. The van der Waals surface area contributed by atoms with Gasteiger partial charge in [0.1, 0.15) is 18.0 Å². The molecule has 2 aliphatic rings. The number of hydrogen-bond acceptors (Lipinski definition) is 2. The summed E-state index contributed by atoms with van der Waals surface area (Å²) in [6.07, 6.45) is 1.02. The fraction of sp³-hybridized carbons (Fsp3) is 0.318. The molecule has 3 heterocycles. The average molecular weight is 362 g/mol. The van der Waals surface area contributed by atoms with Crippen LogP contribution < -0.4 is 9.64 Å². The van der Waals surface area contributed by atoms with Gasteiger partial charge in [0.25, 0.3) is 5.91 Å². The molecular formula is C22H24N3O2+. The summed E-state index contributed by atoms with van der Waals surface area (Å²) in [6, 6.07) is 16.6. The van der Waals surface area contributed by atoms with Gasteiger partial charge in [0.15, 0.2) is 0 Å². The van der Waals surface area contributed by atoms with E-state index in [1.54, 1.807) is 0 Å². The predicted octanol–water partition coefficient (Wildman–Crippen LogP) is 1.64. The Morgan fingerprint density at radius 2 is 1.96 bits per heavy atom. The van der Waals surface area contributed by atoms with Gasteiger partial charge in [0, 0.05) is 22.9 Å². The first-order valence-corrected chi connectivity index (χ1v) is 9.71. The van der Waals surface area contributed by atoms with Crippen LogP contribution >= 0.6 is 0 Å². The molecule has 0 bridgehead atoms. The van der Waals surface area contributed by atoms with E-state index in [0.717, 1.165) is 62.4 Å². The van der Waals surface area contributed by atoms with Crippen LogP contribution in [0.3, 0.4) is 0 Å². The largest absolute Gasteiger partial charge is 0.493 e. The summed E-state index contributed by atoms with van der Waals surface area (Å²) >= 11 is 0. The zero-order chi connectivity index (χ0) is 18.2.